The summed E-state index contributed by atoms with van der Waals surface area (Å²) < 4.78 is 36.4. The lowest BCUT2D eigenvalue weighted by Gasteiger charge is -2.31. The molecule has 154 valence electrons. The van der Waals surface area contributed by atoms with Gasteiger partial charge in [-0.3, -0.25) is 4.57 Å². The highest BCUT2D eigenvalue weighted by molar-refractivity contribution is 7.54. The fraction of sp³-hybridized carbons (Fsp3) is 0.429. The lowest BCUT2D eigenvalue weighted by molar-refractivity contribution is 0.138. The van der Waals surface area contributed by atoms with Crippen molar-refractivity contribution in [2.24, 2.45) is 0 Å². The molecule has 0 aliphatic rings. The maximum Gasteiger partial charge on any atom is 0.357 e. The van der Waals surface area contributed by atoms with Crippen LogP contribution >= 0.6 is 7.60 Å². The number of methoxy groups -OCH3 is 2. The molecule has 0 bridgehead atoms. The minimum absolute atomic E-state index is 0.273. The third kappa shape index (κ3) is 5.74. The zero-order chi connectivity index (χ0) is 20.7. The number of rotatable bonds is 10. The van der Waals surface area contributed by atoms with Crippen LogP contribution in [0.1, 0.15) is 39.0 Å². The highest BCUT2D eigenvalue weighted by Crippen LogP contribution is 2.62. The Balaban J connectivity index is 2.56. The number of nitrogens with one attached hydrogen (secondary N) is 1. The van der Waals surface area contributed by atoms with Crippen LogP contribution in [-0.4, -0.2) is 26.4 Å². The van der Waals surface area contributed by atoms with Gasteiger partial charge in [-0.15, -0.1) is 0 Å². The van der Waals surface area contributed by atoms with Crippen LogP contribution in [0.25, 0.3) is 0 Å². The maximum absolute atomic E-state index is 13.9. The van der Waals surface area contributed by atoms with E-state index in [1.165, 1.54) is 0 Å². The summed E-state index contributed by atoms with van der Waals surface area (Å²) in [6, 6.07) is 15.0. The van der Waals surface area contributed by atoms with Gasteiger partial charge in [-0.25, -0.2) is 0 Å². The predicted octanol–water partition coefficient (Wildman–Crippen LogP) is 5.86. The van der Waals surface area contributed by atoms with E-state index in [0.717, 1.165) is 5.69 Å². The molecular formula is C21H30NO5P. The second-order valence-electron chi connectivity index (χ2n) is 6.88. The first-order valence-corrected chi connectivity index (χ1v) is 10.9. The van der Waals surface area contributed by atoms with E-state index >= 15 is 0 Å². The van der Waals surface area contributed by atoms with E-state index in [9.17, 15) is 4.57 Å². The molecule has 1 atom stereocenters. The fourth-order valence-corrected chi connectivity index (χ4v) is 5.10. The van der Waals surface area contributed by atoms with Gasteiger partial charge in [0.1, 0.15) is 0 Å². The van der Waals surface area contributed by atoms with Gasteiger partial charge in [-0.1, -0.05) is 24.3 Å². The van der Waals surface area contributed by atoms with Crippen molar-refractivity contribution >= 4 is 13.3 Å². The van der Waals surface area contributed by atoms with Crippen molar-refractivity contribution < 1.29 is 23.1 Å². The van der Waals surface area contributed by atoms with Gasteiger partial charge in [0.15, 0.2) is 17.3 Å². The standard InChI is InChI=1S/C21H30NO5P/c1-15(2)26-28(23,27-16(3)4)21(22-18-10-8-7-9-11-18)17-12-13-19(24-5)20(14-17)25-6/h7-16,21-22H,1-6H3/t21-/m1/s1. The average Bonchev–Trinajstić information content (AvgIpc) is 2.65. The molecule has 0 fully saturated rings. The Morgan fingerprint density at radius 1 is 0.821 bits per heavy atom. The van der Waals surface area contributed by atoms with Crippen LogP contribution in [0.3, 0.4) is 0 Å². The number of hydrogen-bond acceptors (Lipinski definition) is 6. The Bertz CT molecular complexity index is 781. The molecule has 7 heteroatoms. The minimum atomic E-state index is -3.59. The van der Waals surface area contributed by atoms with Gasteiger partial charge in [0, 0.05) is 5.69 Å². The van der Waals surface area contributed by atoms with E-state index in [1.807, 2.05) is 64.1 Å². The molecule has 0 aliphatic carbocycles. The largest absolute Gasteiger partial charge is 0.493 e. The molecule has 0 spiro atoms. The Hall–Kier alpha value is -2.01. The van der Waals surface area contributed by atoms with Crippen LogP contribution < -0.4 is 14.8 Å². The van der Waals surface area contributed by atoms with Gasteiger partial charge in [-0.05, 0) is 57.5 Å². The molecule has 0 saturated carbocycles. The molecule has 2 aromatic carbocycles. The van der Waals surface area contributed by atoms with E-state index in [4.69, 9.17) is 18.5 Å². The lowest BCUT2D eigenvalue weighted by atomic mass is 10.2. The minimum Gasteiger partial charge on any atom is -0.493 e. The maximum atomic E-state index is 13.9. The first-order valence-electron chi connectivity index (χ1n) is 9.29. The quantitative estimate of drug-likeness (QED) is 0.498. The molecule has 28 heavy (non-hydrogen) atoms. The average molecular weight is 407 g/mol. The smallest absolute Gasteiger partial charge is 0.357 e. The summed E-state index contributed by atoms with van der Waals surface area (Å²) in [5, 5.41) is 3.33. The summed E-state index contributed by atoms with van der Waals surface area (Å²) in [6.45, 7) is 7.35. The molecule has 0 radical (unpaired) electrons. The highest BCUT2D eigenvalue weighted by atomic mass is 31.2. The molecule has 6 nitrogen and oxygen atoms in total. The second kappa shape index (κ2) is 9.97. The van der Waals surface area contributed by atoms with Gasteiger partial charge in [-0.2, -0.15) is 0 Å². The zero-order valence-electron chi connectivity index (χ0n) is 17.3. The van der Waals surface area contributed by atoms with E-state index in [0.29, 0.717) is 17.1 Å². The molecule has 2 rings (SSSR count). The van der Waals surface area contributed by atoms with Gasteiger partial charge >= 0.3 is 7.60 Å². The molecule has 0 unspecified atom stereocenters. The van der Waals surface area contributed by atoms with Crippen LogP contribution in [0.5, 0.6) is 11.5 Å². The van der Waals surface area contributed by atoms with E-state index in [-0.39, 0.29) is 12.2 Å². The fourth-order valence-electron chi connectivity index (χ4n) is 2.79. The third-order valence-electron chi connectivity index (χ3n) is 3.83. The molecular weight excluding hydrogens is 377 g/mol. The number of anilines is 1. The summed E-state index contributed by atoms with van der Waals surface area (Å²) in [5.74, 6) is 0.411. The van der Waals surface area contributed by atoms with Gasteiger partial charge in [0.25, 0.3) is 0 Å². The Kier molecular flexibility index (Phi) is 7.93. The van der Waals surface area contributed by atoms with Crippen molar-refractivity contribution in [1.29, 1.82) is 0 Å². The second-order valence-corrected chi connectivity index (χ2v) is 8.89. The van der Waals surface area contributed by atoms with Crippen LogP contribution in [0.15, 0.2) is 48.5 Å². The van der Waals surface area contributed by atoms with Crippen molar-refractivity contribution in [2.45, 2.75) is 45.7 Å². The summed E-state index contributed by atoms with van der Waals surface area (Å²) in [4.78, 5) is 0. The highest BCUT2D eigenvalue weighted by Gasteiger charge is 2.40. The SMILES string of the molecule is COc1ccc([C@H](Nc2ccccc2)P(=O)(OC(C)C)OC(C)C)cc1OC. The van der Waals surface area contributed by atoms with Crippen molar-refractivity contribution in [3.63, 3.8) is 0 Å². The van der Waals surface area contributed by atoms with Crippen molar-refractivity contribution in [2.75, 3.05) is 19.5 Å². The Morgan fingerprint density at radius 3 is 1.89 bits per heavy atom. The van der Waals surface area contributed by atoms with Gasteiger partial charge in [0.2, 0.25) is 0 Å². The van der Waals surface area contributed by atoms with Crippen LogP contribution in [-0.2, 0) is 13.6 Å². The van der Waals surface area contributed by atoms with Crippen LogP contribution in [0.4, 0.5) is 5.69 Å². The van der Waals surface area contributed by atoms with Crippen molar-refractivity contribution in [3.05, 3.63) is 54.1 Å². The van der Waals surface area contributed by atoms with E-state index in [1.54, 1.807) is 26.4 Å². The molecule has 0 saturated heterocycles. The predicted molar refractivity (Wildman–Crippen MR) is 112 cm³/mol. The molecule has 0 aliphatic heterocycles. The van der Waals surface area contributed by atoms with E-state index in [2.05, 4.69) is 5.32 Å². The Labute approximate surface area is 167 Å². The molecule has 0 aromatic heterocycles. The number of benzene rings is 2. The van der Waals surface area contributed by atoms with E-state index < -0.39 is 13.4 Å². The topological polar surface area (TPSA) is 66.0 Å². The molecule has 2 aromatic rings. The zero-order valence-corrected chi connectivity index (χ0v) is 18.2. The summed E-state index contributed by atoms with van der Waals surface area (Å²) in [5.41, 5.74) is 1.52. The van der Waals surface area contributed by atoms with Crippen molar-refractivity contribution in [1.82, 2.24) is 0 Å². The van der Waals surface area contributed by atoms with Gasteiger partial charge in [0.05, 0.1) is 26.4 Å². The van der Waals surface area contributed by atoms with Crippen molar-refractivity contribution in [3.8, 4) is 11.5 Å². The third-order valence-corrected chi connectivity index (χ3v) is 6.32. The van der Waals surface area contributed by atoms with Crippen LogP contribution in [0, 0.1) is 0 Å². The molecule has 0 heterocycles. The van der Waals surface area contributed by atoms with Crippen LogP contribution in [0.2, 0.25) is 0 Å². The summed E-state index contributed by atoms with van der Waals surface area (Å²) >= 11 is 0. The normalized spacial score (nSPS) is 12.9. The summed E-state index contributed by atoms with van der Waals surface area (Å²) in [7, 11) is -0.450. The monoisotopic (exact) mass is 407 g/mol. The lowest BCUT2D eigenvalue weighted by Crippen LogP contribution is -2.19. The molecule has 0 amide bonds. The number of para-hydroxylation sites is 1. The van der Waals surface area contributed by atoms with Gasteiger partial charge < -0.3 is 23.8 Å². The Morgan fingerprint density at radius 2 is 1.39 bits per heavy atom. The molecule has 1 N–H and O–H groups in total. The summed E-state index contributed by atoms with van der Waals surface area (Å²) in [6.07, 6.45) is -0.547. The number of hydrogen-bond donors (Lipinski definition) is 1. The first kappa shape index (κ1) is 22.3. The number of ether oxygens (including phenoxy) is 2. The first-order chi connectivity index (χ1) is 13.3.